The second kappa shape index (κ2) is 9.10. The van der Waals surface area contributed by atoms with Crippen molar-refractivity contribution in [3.8, 4) is 0 Å². The summed E-state index contributed by atoms with van der Waals surface area (Å²) < 4.78 is 38.4. The Morgan fingerprint density at radius 3 is 2.13 bits per heavy atom. The number of nitrogens with zero attached hydrogens (tertiary/aromatic N) is 2. The molecule has 0 bridgehead atoms. The lowest BCUT2D eigenvalue weighted by atomic mass is 9.77. The Morgan fingerprint density at radius 2 is 1.55 bits per heavy atom. The molecule has 1 aliphatic heterocycles. The lowest BCUT2D eigenvalue weighted by Crippen LogP contribution is -2.51. The van der Waals surface area contributed by atoms with Crippen LogP contribution in [0.25, 0.3) is 0 Å². The van der Waals surface area contributed by atoms with E-state index in [1.165, 1.54) is 12.1 Å². The van der Waals surface area contributed by atoms with Crippen molar-refractivity contribution >= 4 is 11.6 Å². The number of aliphatic hydroxyl groups is 1. The van der Waals surface area contributed by atoms with Gasteiger partial charge in [-0.25, -0.2) is 0 Å². The molecule has 2 aromatic rings. The van der Waals surface area contributed by atoms with E-state index in [-0.39, 0.29) is 0 Å². The van der Waals surface area contributed by atoms with Crippen molar-refractivity contribution < 1.29 is 18.3 Å². The average Bonchev–Trinajstić information content (AvgIpc) is 2.76. The molecular formula is C24H28ClF3N2O. The van der Waals surface area contributed by atoms with Crippen LogP contribution in [0.4, 0.5) is 13.2 Å². The lowest BCUT2D eigenvalue weighted by Gasteiger charge is -2.44. The molecule has 2 aromatic carbocycles. The quantitative estimate of drug-likeness (QED) is 0.681. The number of hydrogen-bond acceptors (Lipinski definition) is 3. The van der Waals surface area contributed by atoms with Gasteiger partial charge in [0.15, 0.2) is 0 Å². The van der Waals surface area contributed by atoms with Crippen molar-refractivity contribution in [3.05, 3.63) is 70.2 Å². The monoisotopic (exact) mass is 452 g/mol. The largest absolute Gasteiger partial charge is 0.416 e. The van der Waals surface area contributed by atoms with Crippen molar-refractivity contribution in [2.24, 2.45) is 0 Å². The molecule has 0 spiro atoms. The molecule has 168 valence electrons. The van der Waals surface area contributed by atoms with E-state index in [1.54, 1.807) is 0 Å². The van der Waals surface area contributed by atoms with Crippen LogP contribution in [-0.4, -0.2) is 47.1 Å². The van der Waals surface area contributed by atoms with Crippen LogP contribution in [0.15, 0.2) is 48.5 Å². The summed E-state index contributed by atoms with van der Waals surface area (Å²) in [6.45, 7) is 4.77. The summed E-state index contributed by atoms with van der Waals surface area (Å²) >= 11 is 6.29. The first kappa shape index (κ1) is 22.6. The number of benzene rings is 2. The zero-order chi connectivity index (χ0) is 22.1. The predicted octanol–water partition coefficient (Wildman–Crippen LogP) is 5.31. The van der Waals surface area contributed by atoms with Gasteiger partial charge in [0.25, 0.3) is 0 Å². The molecule has 0 amide bonds. The van der Waals surface area contributed by atoms with E-state index in [4.69, 9.17) is 11.6 Å². The van der Waals surface area contributed by atoms with Gasteiger partial charge in [-0.2, -0.15) is 13.2 Å². The molecule has 1 heterocycles. The average molecular weight is 453 g/mol. The molecule has 1 aliphatic carbocycles. The summed E-state index contributed by atoms with van der Waals surface area (Å²) in [7, 11) is 0. The van der Waals surface area contributed by atoms with Crippen molar-refractivity contribution in [1.82, 2.24) is 9.80 Å². The first-order valence-electron chi connectivity index (χ1n) is 10.8. The number of rotatable bonds is 4. The number of piperazine rings is 1. The first-order chi connectivity index (χ1) is 14.7. The minimum Gasteiger partial charge on any atom is -0.385 e. The van der Waals surface area contributed by atoms with E-state index in [1.807, 2.05) is 18.2 Å². The van der Waals surface area contributed by atoms with Crippen molar-refractivity contribution in [3.63, 3.8) is 0 Å². The summed E-state index contributed by atoms with van der Waals surface area (Å²) in [5.41, 5.74) is 0.0237. The van der Waals surface area contributed by atoms with Gasteiger partial charge < -0.3 is 5.11 Å². The van der Waals surface area contributed by atoms with E-state index in [9.17, 15) is 18.3 Å². The maximum atomic E-state index is 12.8. The van der Waals surface area contributed by atoms with E-state index < -0.39 is 17.3 Å². The van der Waals surface area contributed by atoms with Gasteiger partial charge in [-0.05, 0) is 55.0 Å². The van der Waals surface area contributed by atoms with Crippen LogP contribution in [0, 0.1) is 0 Å². The minimum absolute atomic E-state index is 0.414. The molecule has 4 rings (SSSR count). The normalized spacial score (nSPS) is 26.2. The van der Waals surface area contributed by atoms with E-state index in [0.29, 0.717) is 24.4 Å². The smallest absolute Gasteiger partial charge is 0.385 e. The maximum absolute atomic E-state index is 12.8. The summed E-state index contributed by atoms with van der Waals surface area (Å²) in [4.78, 5) is 4.91. The van der Waals surface area contributed by atoms with Gasteiger partial charge in [0, 0.05) is 43.8 Å². The highest BCUT2D eigenvalue weighted by Crippen LogP contribution is 2.40. The highest BCUT2D eigenvalue weighted by Gasteiger charge is 2.38. The number of halogens is 4. The summed E-state index contributed by atoms with van der Waals surface area (Å²) in [6, 6.07) is 13.3. The molecular weight excluding hydrogens is 425 g/mol. The molecule has 0 atom stereocenters. The van der Waals surface area contributed by atoms with Crippen LogP contribution in [0.1, 0.15) is 42.4 Å². The van der Waals surface area contributed by atoms with Gasteiger partial charge in [-0.3, -0.25) is 9.80 Å². The highest BCUT2D eigenvalue weighted by atomic mass is 35.5. The Labute approximate surface area is 186 Å². The molecule has 0 unspecified atom stereocenters. The third kappa shape index (κ3) is 5.25. The molecule has 0 radical (unpaired) electrons. The van der Waals surface area contributed by atoms with E-state index in [2.05, 4.69) is 15.9 Å². The molecule has 2 aliphatic rings. The molecule has 0 aromatic heterocycles. The third-order valence-electron chi connectivity index (χ3n) is 6.81. The molecule has 2 fully saturated rings. The topological polar surface area (TPSA) is 26.7 Å². The van der Waals surface area contributed by atoms with Crippen LogP contribution in [0.3, 0.4) is 0 Å². The van der Waals surface area contributed by atoms with Crippen LogP contribution in [-0.2, 0) is 18.3 Å². The Bertz CT molecular complexity index is 871. The van der Waals surface area contributed by atoms with Crippen molar-refractivity contribution in [1.29, 1.82) is 0 Å². The van der Waals surface area contributed by atoms with Crippen molar-refractivity contribution in [2.45, 2.75) is 50.0 Å². The Morgan fingerprint density at radius 1 is 0.935 bits per heavy atom. The summed E-state index contributed by atoms with van der Waals surface area (Å²) in [5.74, 6) is 0. The molecule has 1 saturated heterocycles. The maximum Gasteiger partial charge on any atom is 0.416 e. The Hall–Kier alpha value is -1.60. The molecule has 1 N–H and O–H groups in total. The fourth-order valence-electron chi connectivity index (χ4n) is 4.86. The summed E-state index contributed by atoms with van der Waals surface area (Å²) in [5, 5.41) is 11.9. The van der Waals surface area contributed by atoms with Crippen LogP contribution >= 0.6 is 11.6 Å². The van der Waals surface area contributed by atoms with E-state index in [0.717, 1.165) is 68.3 Å². The number of alkyl halides is 3. The van der Waals surface area contributed by atoms with Gasteiger partial charge in [0.1, 0.15) is 0 Å². The zero-order valence-corrected chi connectivity index (χ0v) is 18.2. The summed E-state index contributed by atoms with van der Waals surface area (Å²) in [6.07, 6.45) is -1.51. The van der Waals surface area contributed by atoms with Gasteiger partial charge in [0.2, 0.25) is 0 Å². The van der Waals surface area contributed by atoms with Gasteiger partial charge in [0.05, 0.1) is 11.2 Å². The molecule has 31 heavy (non-hydrogen) atoms. The Kier molecular flexibility index (Phi) is 6.63. The highest BCUT2D eigenvalue weighted by molar-refractivity contribution is 6.31. The molecule has 3 nitrogen and oxygen atoms in total. The van der Waals surface area contributed by atoms with Gasteiger partial charge in [-0.15, -0.1) is 0 Å². The zero-order valence-electron chi connectivity index (χ0n) is 17.4. The lowest BCUT2D eigenvalue weighted by molar-refractivity contribution is -0.137. The molecule has 1 saturated carbocycles. The van der Waals surface area contributed by atoms with Crippen molar-refractivity contribution in [2.75, 3.05) is 26.2 Å². The van der Waals surface area contributed by atoms with Crippen LogP contribution < -0.4 is 0 Å². The first-order valence-corrected chi connectivity index (χ1v) is 11.2. The van der Waals surface area contributed by atoms with Gasteiger partial charge >= 0.3 is 6.18 Å². The van der Waals surface area contributed by atoms with Crippen LogP contribution in [0.5, 0.6) is 0 Å². The van der Waals surface area contributed by atoms with Gasteiger partial charge in [-0.1, -0.05) is 41.9 Å². The fourth-order valence-corrected chi connectivity index (χ4v) is 5.05. The van der Waals surface area contributed by atoms with Crippen LogP contribution in [0.2, 0.25) is 5.02 Å². The SMILES string of the molecule is OC1(c2ccc(C(F)(F)F)cc2)CCC(N2CCN(Cc3ccccc3Cl)CC2)CC1. The second-order valence-electron chi connectivity index (χ2n) is 8.74. The van der Waals surface area contributed by atoms with E-state index >= 15 is 0 Å². The Balaban J connectivity index is 1.29. The third-order valence-corrected chi connectivity index (χ3v) is 7.18. The predicted molar refractivity (Wildman–Crippen MR) is 116 cm³/mol. The molecule has 7 heteroatoms. The number of hydrogen-bond donors (Lipinski definition) is 1. The second-order valence-corrected chi connectivity index (χ2v) is 9.15. The minimum atomic E-state index is -4.35. The fraction of sp³-hybridized carbons (Fsp3) is 0.500. The standard InChI is InChI=1S/C24H28ClF3N2O/c25-22-4-2-1-3-18(22)17-29-13-15-30(16-14-29)21-9-11-23(31,12-10-21)19-5-7-20(8-6-19)24(26,27)28/h1-8,21,31H,9-17H2.